The molecule has 0 bridgehead atoms. The number of thioether (sulfide) groups is 1. The van der Waals surface area contributed by atoms with Crippen molar-refractivity contribution < 1.29 is 4.79 Å². The molecule has 0 N–H and O–H groups in total. The first kappa shape index (κ1) is 18.1. The summed E-state index contributed by atoms with van der Waals surface area (Å²) in [7, 11) is 0. The Morgan fingerprint density at radius 1 is 1.07 bits per heavy atom. The minimum absolute atomic E-state index is 0.128. The zero-order valence-corrected chi connectivity index (χ0v) is 16.9. The maximum atomic E-state index is 12.8. The Morgan fingerprint density at radius 2 is 1.86 bits per heavy atom. The van der Waals surface area contributed by atoms with Crippen LogP contribution in [-0.2, 0) is 12.2 Å². The van der Waals surface area contributed by atoms with Crippen LogP contribution in [0, 0.1) is 6.92 Å². The predicted octanol–water partition coefficient (Wildman–Crippen LogP) is 4.64. The topological polar surface area (TPSA) is 60.2 Å². The van der Waals surface area contributed by atoms with Crippen molar-refractivity contribution in [3.63, 3.8) is 0 Å². The third-order valence-corrected chi connectivity index (χ3v) is 6.37. The molecule has 0 spiro atoms. The second-order valence-electron chi connectivity index (χ2n) is 7.38. The molecule has 0 saturated heterocycles. The van der Waals surface area contributed by atoms with Crippen molar-refractivity contribution in [3.05, 3.63) is 88.7 Å². The highest BCUT2D eigenvalue weighted by molar-refractivity contribution is 7.98. The van der Waals surface area contributed by atoms with Gasteiger partial charge in [0.05, 0.1) is 11.3 Å². The molecule has 5 nitrogen and oxygen atoms in total. The molecule has 1 aliphatic rings. The Kier molecular flexibility index (Phi) is 4.64. The van der Waals surface area contributed by atoms with Crippen LogP contribution in [0.25, 0.3) is 5.78 Å². The van der Waals surface area contributed by atoms with E-state index < -0.39 is 0 Å². The minimum atomic E-state index is 0.128. The number of rotatable bonds is 4. The van der Waals surface area contributed by atoms with E-state index in [1.165, 1.54) is 16.7 Å². The Hall–Kier alpha value is -2.99. The summed E-state index contributed by atoms with van der Waals surface area (Å²) >= 11 is 1.58. The van der Waals surface area contributed by atoms with Crippen molar-refractivity contribution in [2.45, 2.75) is 36.6 Å². The average molecular weight is 401 g/mol. The molecule has 5 rings (SSSR count). The first-order valence-corrected chi connectivity index (χ1v) is 10.7. The molecule has 0 amide bonds. The van der Waals surface area contributed by atoms with Gasteiger partial charge in [0, 0.05) is 18.4 Å². The number of nitrogens with zero attached hydrogens (tertiary/aromatic N) is 4. The van der Waals surface area contributed by atoms with Gasteiger partial charge in [0.2, 0.25) is 5.16 Å². The fourth-order valence-electron chi connectivity index (χ4n) is 3.98. The number of carbonyl (C=O) groups is 1. The van der Waals surface area contributed by atoms with Gasteiger partial charge in [0.15, 0.2) is 5.78 Å². The molecule has 2 heterocycles. The standard InChI is InChI=1S/C23H20N4OS/c1-15-7-5-6-10-18(15)17-11-20-19(21(28)12-17)13-24-22-25-23(26-27(20)22)29-14-16-8-3-2-4-9-16/h2-10,13,17H,11-12,14H2,1H3. The number of hydrogen-bond acceptors (Lipinski definition) is 5. The first-order valence-electron chi connectivity index (χ1n) is 9.69. The monoisotopic (exact) mass is 400 g/mol. The maximum Gasteiger partial charge on any atom is 0.253 e. The van der Waals surface area contributed by atoms with Crippen LogP contribution in [0.3, 0.4) is 0 Å². The zero-order valence-electron chi connectivity index (χ0n) is 16.1. The normalized spacial score (nSPS) is 16.2. The van der Waals surface area contributed by atoms with Gasteiger partial charge < -0.3 is 0 Å². The van der Waals surface area contributed by atoms with E-state index in [-0.39, 0.29) is 11.7 Å². The van der Waals surface area contributed by atoms with Crippen molar-refractivity contribution in [1.29, 1.82) is 0 Å². The van der Waals surface area contributed by atoms with Crippen LogP contribution in [0.1, 0.15) is 45.1 Å². The summed E-state index contributed by atoms with van der Waals surface area (Å²) in [5.41, 5.74) is 5.26. The number of carbonyl (C=O) groups excluding carboxylic acids is 1. The van der Waals surface area contributed by atoms with Gasteiger partial charge in [-0.25, -0.2) is 4.98 Å². The van der Waals surface area contributed by atoms with Gasteiger partial charge in [0.1, 0.15) is 0 Å². The molecule has 2 aromatic heterocycles. The van der Waals surface area contributed by atoms with Crippen LogP contribution in [0.2, 0.25) is 0 Å². The van der Waals surface area contributed by atoms with Crippen LogP contribution >= 0.6 is 11.8 Å². The van der Waals surface area contributed by atoms with Gasteiger partial charge in [-0.3, -0.25) is 4.79 Å². The lowest BCUT2D eigenvalue weighted by atomic mass is 9.80. The second kappa shape index (κ2) is 7.44. The van der Waals surface area contributed by atoms with Crippen LogP contribution in [0.5, 0.6) is 0 Å². The quantitative estimate of drug-likeness (QED) is 0.467. The Morgan fingerprint density at radius 3 is 2.69 bits per heavy atom. The molecular weight excluding hydrogens is 380 g/mol. The highest BCUT2D eigenvalue weighted by Crippen LogP contribution is 2.34. The molecule has 1 atom stereocenters. The summed E-state index contributed by atoms with van der Waals surface area (Å²) in [6.45, 7) is 2.10. The summed E-state index contributed by atoms with van der Waals surface area (Å²) < 4.78 is 1.77. The summed E-state index contributed by atoms with van der Waals surface area (Å²) in [6, 6.07) is 18.6. The van der Waals surface area contributed by atoms with E-state index >= 15 is 0 Å². The van der Waals surface area contributed by atoms with E-state index in [2.05, 4.69) is 46.3 Å². The summed E-state index contributed by atoms with van der Waals surface area (Å²) in [5, 5.41) is 5.36. The van der Waals surface area contributed by atoms with Crippen LogP contribution in [-0.4, -0.2) is 25.4 Å². The number of benzene rings is 2. The molecule has 1 aliphatic carbocycles. The number of aromatic nitrogens is 4. The molecule has 0 aliphatic heterocycles. The molecule has 29 heavy (non-hydrogen) atoms. The van der Waals surface area contributed by atoms with Gasteiger partial charge in [-0.2, -0.15) is 9.50 Å². The second-order valence-corrected chi connectivity index (χ2v) is 8.33. The van der Waals surface area contributed by atoms with Crippen molar-refractivity contribution >= 4 is 23.3 Å². The van der Waals surface area contributed by atoms with Crippen LogP contribution in [0.4, 0.5) is 0 Å². The number of aryl methyl sites for hydroxylation is 1. The molecule has 4 aromatic rings. The lowest BCUT2D eigenvalue weighted by Gasteiger charge is -2.25. The zero-order chi connectivity index (χ0) is 19.8. The van der Waals surface area contributed by atoms with E-state index in [0.29, 0.717) is 22.9 Å². The molecule has 2 aromatic carbocycles. The van der Waals surface area contributed by atoms with Crippen molar-refractivity contribution in [3.8, 4) is 0 Å². The van der Waals surface area contributed by atoms with E-state index in [1.807, 2.05) is 30.3 Å². The van der Waals surface area contributed by atoms with Gasteiger partial charge in [0.25, 0.3) is 5.78 Å². The van der Waals surface area contributed by atoms with Gasteiger partial charge >= 0.3 is 0 Å². The number of hydrogen-bond donors (Lipinski definition) is 0. The molecule has 144 valence electrons. The third-order valence-electron chi connectivity index (χ3n) is 5.46. The van der Waals surface area contributed by atoms with E-state index in [4.69, 9.17) is 0 Å². The van der Waals surface area contributed by atoms with Gasteiger partial charge in [-0.05, 0) is 36.0 Å². The fourth-order valence-corrected chi connectivity index (χ4v) is 4.75. The van der Waals surface area contributed by atoms with Crippen molar-refractivity contribution in [2.24, 2.45) is 0 Å². The lowest BCUT2D eigenvalue weighted by Crippen LogP contribution is -2.23. The van der Waals surface area contributed by atoms with E-state index in [1.54, 1.807) is 22.5 Å². The Labute approximate surface area is 173 Å². The third kappa shape index (κ3) is 3.44. The predicted molar refractivity (Wildman–Crippen MR) is 113 cm³/mol. The maximum absolute atomic E-state index is 12.8. The summed E-state index contributed by atoms with van der Waals surface area (Å²) in [5.74, 6) is 1.64. The molecule has 1 unspecified atom stereocenters. The summed E-state index contributed by atoms with van der Waals surface area (Å²) in [4.78, 5) is 21.8. The SMILES string of the molecule is Cc1ccccc1C1CC(=O)c2cnc3nc(SCc4ccccc4)nn3c2C1. The fraction of sp³-hybridized carbons (Fsp3) is 0.217. The Balaban J connectivity index is 1.48. The average Bonchev–Trinajstić information content (AvgIpc) is 3.17. The van der Waals surface area contributed by atoms with Crippen molar-refractivity contribution in [1.82, 2.24) is 19.6 Å². The van der Waals surface area contributed by atoms with Gasteiger partial charge in [-0.1, -0.05) is 66.4 Å². The van der Waals surface area contributed by atoms with E-state index in [9.17, 15) is 4.79 Å². The molecule has 0 radical (unpaired) electrons. The highest BCUT2D eigenvalue weighted by Gasteiger charge is 2.30. The smallest absolute Gasteiger partial charge is 0.253 e. The number of Topliss-reactive ketones (excluding diaryl/α,β-unsaturated/α-hetero) is 1. The van der Waals surface area contributed by atoms with Gasteiger partial charge in [-0.15, -0.1) is 5.10 Å². The molecule has 6 heteroatoms. The van der Waals surface area contributed by atoms with Crippen LogP contribution in [0.15, 0.2) is 66.0 Å². The molecular formula is C23H20N4OS. The minimum Gasteiger partial charge on any atom is -0.294 e. The Bertz CT molecular complexity index is 1200. The first-order chi connectivity index (χ1) is 14.2. The summed E-state index contributed by atoms with van der Waals surface area (Å²) in [6.07, 6.45) is 2.94. The highest BCUT2D eigenvalue weighted by atomic mass is 32.2. The molecule has 0 saturated carbocycles. The molecule has 0 fully saturated rings. The largest absolute Gasteiger partial charge is 0.294 e. The number of ketones is 1. The lowest BCUT2D eigenvalue weighted by molar-refractivity contribution is 0.0962. The van der Waals surface area contributed by atoms with E-state index in [0.717, 1.165) is 17.9 Å². The van der Waals surface area contributed by atoms with Crippen molar-refractivity contribution in [2.75, 3.05) is 0 Å². The number of fused-ring (bicyclic) bond motifs is 3. The van der Waals surface area contributed by atoms with Crippen LogP contribution < -0.4 is 0 Å².